The quantitative estimate of drug-likeness (QED) is 0.809. The third kappa shape index (κ3) is 3.10. The zero-order chi connectivity index (χ0) is 13.0. The van der Waals surface area contributed by atoms with Gasteiger partial charge in [0, 0.05) is 24.7 Å². The molecular weight excluding hydrogens is 224 g/mol. The van der Waals surface area contributed by atoms with E-state index in [-0.39, 0.29) is 5.91 Å². The van der Waals surface area contributed by atoms with Gasteiger partial charge in [0.2, 0.25) is 5.91 Å². The molecule has 1 aliphatic rings. The number of nitrogens with one attached hydrogen (secondary N) is 1. The molecule has 1 amide bonds. The van der Waals surface area contributed by atoms with E-state index in [4.69, 9.17) is 0 Å². The van der Waals surface area contributed by atoms with E-state index in [0.717, 1.165) is 31.6 Å². The monoisotopic (exact) mass is 246 g/mol. The number of anilines is 1. The highest BCUT2D eigenvalue weighted by Crippen LogP contribution is 2.27. The average molecular weight is 246 g/mol. The molecule has 0 saturated heterocycles. The van der Waals surface area contributed by atoms with Gasteiger partial charge in [-0.05, 0) is 31.0 Å². The Labute approximate surface area is 109 Å². The second kappa shape index (κ2) is 6.01. The molecule has 0 spiro atoms. The Bertz CT molecular complexity index is 415. The lowest BCUT2D eigenvalue weighted by atomic mass is 10.0. The van der Waals surface area contributed by atoms with E-state index in [1.807, 2.05) is 17.0 Å². The largest absolute Gasteiger partial charge is 0.314 e. The maximum absolute atomic E-state index is 12.0. The number of fused-ring (bicyclic) bond motifs is 1. The molecule has 1 aromatic carbocycles. The molecule has 1 heterocycles. The van der Waals surface area contributed by atoms with Crippen LogP contribution < -0.4 is 10.2 Å². The van der Waals surface area contributed by atoms with Crippen LogP contribution in [0.15, 0.2) is 24.3 Å². The molecule has 0 aliphatic carbocycles. The van der Waals surface area contributed by atoms with Gasteiger partial charge in [-0.1, -0.05) is 32.0 Å². The van der Waals surface area contributed by atoms with Gasteiger partial charge in [-0.15, -0.1) is 0 Å². The zero-order valence-electron chi connectivity index (χ0n) is 11.3. The van der Waals surface area contributed by atoms with Crippen LogP contribution in [0.2, 0.25) is 0 Å². The van der Waals surface area contributed by atoms with E-state index in [0.29, 0.717) is 12.5 Å². The van der Waals surface area contributed by atoms with Crippen LogP contribution in [0.3, 0.4) is 0 Å². The summed E-state index contributed by atoms with van der Waals surface area (Å²) in [6.45, 7) is 6.06. The van der Waals surface area contributed by atoms with Gasteiger partial charge in [0.05, 0.1) is 0 Å². The molecule has 3 nitrogen and oxygen atoms in total. The Kier molecular flexibility index (Phi) is 4.37. The standard InChI is InChI=1S/C15H22N2O/c1-12(2)16-10-5-11-17-14-7-4-3-6-13(14)8-9-15(17)18/h3-4,6-7,12,16H,5,8-11H2,1-2H3. The van der Waals surface area contributed by atoms with Crippen molar-refractivity contribution in [3.8, 4) is 0 Å². The Balaban J connectivity index is 1.97. The van der Waals surface area contributed by atoms with Crippen molar-refractivity contribution in [2.24, 2.45) is 0 Å². The van der Waals surface area contributed by atoms with Crippen molar-refractivity contribution in [2.75, 3.05) is 18.0 Å². The molecular formula is C15H22N2O. The van der Waals surface area contributed by atoms with Gasteiger partial charge in [0.15, 0.2) is 0 Å². The summed E-state index contributed by atoms with van der Waals surface area (Å²) in [5.41, 5.74) is 2.41. The van der Waals surface area contributed by atoms with Gasteiger partial charge in [-0.2, -0.15) is 0 Å². The molecule has 0 aromatic heterocycles. The van der Waals surface area contributed by atoms with Crippen LogP contribution in [-0.2, 0) is 11.2 Å². The van der Waals surface area contributed by atoms with Gasteiger partial charge in [0.1, 0.15) is 0 Å². The van der Waals surface area contributed by atoms with E-state index in [9.17, 15) is 4.79 Å². The summed E-state index contributed by atoms with van der Waals surface area (Å²) in [6, 6.07) is 8.75. The van der Waals surface area contributed by atoms with E-state index < -0.39 is 0 Å². The van der Waals surface area contributed by atoms with Gasteiger partial charge >= 0.3 is 0 Å². The zero-order valence-corrected chi connectivity index (χ0v) is 11.3. The number of nitrogens with zero attached hydrogens (tertiary/aromatic N) is 1. The second-order valence-electron chi connectivity index (χ2n) is 5.14. The van der Waals surface area contributed by atoms with Crippen LogP contribution in [0.25, 0.3) is 0 Å². The molecule has 0 saturated carbocycles. The highest BCUT2D eigenvalue weighted by Gasteiger charge is 2.22. The van der Waals surface area contributed by atoms with Gasteiger partial charge in [-0.25, -0.2) is 0 Å². The van der Waals surface area contributed by atoms with Crippen molar-refractivity contribution in [3.63, 3.8) is 0 Å². The van der Waals surface area contributed by atoms with Crippen LogP contribution in [0.5, 0.6) is 0 Å². The first kappa shape index (κ1) is 13.1. The number of carbonyl (C=O) groups is 1. The summed E-state index contributed by atoms with van der Waals surface area (Å²) in [4.78, 5) is 13.9. The van der Waals surface area contributed by atoms with Crippen molar-refractivity contribution in [2.45, 2.75) is 39.2 Å². The normalized spacial score (nSPS) is 15.1. The third-order valence-corrected chi connectivity index (χ3v) is 3.30. The molecule has 0 bridgehead atoms. The molecule has 0 fully saturated rings. The lowest BCUT2D eigenvalue weighted by Gasteiger charge is -2.29. The van der Waals surface area contributed by atoms with Crippen LogP contribution in [0, 0.1) is 0 Å². The fourth-order valence-corrected chi connectivity index (χ4v) is 2.37. The molecule has 2 rings (SSSR count). The van der Waals surface area contributed by atoms with Gasteiger partial charge < -0.3 is 10.2 Å². The topological polar surface area (TPSA) is 32.3 Å². The van der Waals surface area contributed by atoms with Gasteiger partial charge in [0.25, 0.3) is 0 Å². The van der Waals surface area contributed by atoms with Crippen molar-refractivity contribution >= 4 is 11.6 Å². The lowest BCUT2D eigenvalue weighted by molar-refractivity contribution is -0.118. The molecule has 18 heavy (non-hydrogen) atoms. The van der Waals surface area contributed by atoms with E-state index >= 15 is 0 Å². The SMILES string of the molecule is CC(C)NCCCN1C(=O)CCc2ccccc21. The first-order chi connectivity index (χ1) is 8.68. The molecule has 3 heteroatoms. The average Bonchev–Trinajstić information content (AvgIpc) is 2.36. The van der Waals surface area contributed by atoms with Crippen LogP contribution in [0.4, 0.5) is 5.69 Å². The number of carbonyl (C=O) groups excluding carboxylic acids is 1. The highest BCUT2D eigenvalue weighted by atomic mass is 16.2. The van der Waals surface area contributed by atoms with Crippen LogP contribution in [0.1, 0.15) is 32.3 Å². The minimum atomic E-state index is 0.262. The highest BCUT2D eigenvalue weighted by molar-refractivity contribution is 5.96. The Morgan fingerprint density at radius 2 is 2.06 bits per heavy atom. The first-order valence-corrected chi connectivity index (χ1v) is 6.80. The van der Waals surface area contributed by atoms with Crippen molar-refractivity contribution in [3.05, 3.63) is 29.8 Å². The Hall–Kier alpha value is -1.35. The molecule has 1 N–H and O–H groups in total. The Morgan fingerprint density at radius 1 is 1.28 bits per heavy atom. The molecule has 1 aromatic rings. The Morgan fingerprint density at radius 3 is 2.83 bits per heavy atom. The van der Waals surface area contributed by atoms with Gasteiger partial charge in [-0.3, -0.25) is 4.79 Å². The summed E-state index contributed by atoms with van der Waals surface area (Å²) in [5.74, 6) is 0.262. The molecule has 1 aliphatic heterocycles. The lowest BCUT2D eigenvalue weighted by Crippen LogP contribution is -2.37. The summed E-state index contributed by atoms with van der Waals surface area (Å²) >= 11 is 0. The number of amides is 1. The maximum atomic E-state index is 12.0. The van der Waals surface area contributed by atoms with Crippen molar-refractivity contribution in [1.29, 1.82) is 0 Å². The van der Waals surface area contributed by atoms with Crippen molar-refractivity contribution < 1.29 is 4.79 Å². The third-order valence-electron chi connectivity index (χ3n) is 3.30. The number of para-hydroxylation sites is 1. The fourth-order valence-electron chi connectivity index (χ4n) is 2.37. The minimum Gasteiger partial charge on any atom is -0.314 e. The van der Waals surface area contributed by atoms with Crippen LogP contribution >= 0.6 is 0 Å². The van der Waals surface area contributed by atoms with Crippen molar-refractivity contribution in [1.82, 2.24) is 5.32 Å². The fraction of sp³-hybridized carbons (Fsp3) is 0.533. The molecule has 98 valence electrons. The minimum absolute atomic E-state index is 0.262. The number of aryl methyl sites for hydroxylation is 1. The predicted molar refractivity (Wildman–Crippen MR) is 74.9 cm³/mol. The van der Waals surface area contributed by atoms with E-state index in [2.05, 4.69) is 31.3 Å². The maximum Gasteiger partial charge on any atom is 0.227 e. The first-order valence-electron chi connectivity index (χ1n) is 6.80. The molecule has 0 atom stereocenters. The summed E-state index contributed by atoms with van der Waals surface area (Å²) in [5, 5.41) is 3.39. The van der Waals surface area contributed by atoms with E-state index in [1.54, 1.807) is 0 Å². The van der Waals surface area contributed by atoms with E-state index in [1.165, 1.54) is 5.56 Å². The number of hydrogen-bond donors (Lipinski definition) is 1. The predicted octanol–water partition coefficient (Wildman–Crippen LogP) is 2.35. The number of rotatable bonds is 5. The second-order valence-corrected chi connectivity index (χ2v) is 5.14. The summed E-state index contributed by atoms with van der Waals surface area (Å²) < 4.78 is 0. The summed E-state index contributed by atoms with van der Waals surface area (Å²) in [6.07, 6.45) is 2.53. The number of benzene rings is 1. The van der Waals surface area contributed by atoms with Crippen LogP contribution in [-0.4, -0.2) is 25.0 Å². The molecule has 0 unspecified atom stereocenters. The smallest absolute Gasteiger partial charge is 0.227 e. The number of hydrogen-bond acceptors (Lipinski definition) is 2. The summed E-state index contributed by atoms with van der Waals surface area (Å²) in [7, 11) is 0. The molecule has 0 radical (unpaired) electrons.